The van der Waals surface area contributed by atoms with E-state index in [2.05, 4.69) is 5.32 Å². The van der Waals surface area contributed by atoms with Gasteiger partial charge < -0.3 is 10.2 Å². The van der Waals surface area contributed by atoms with Crippen molar-refractivity contribution in [2.75, 3.05) is 19.6 Å². The van der Waals surface area contributed by atoms with E-state index >= 15 is 0 Å². The zero-order valence-corrected chi connectivity index (χ0v) is 8.55. The highest BCUT2D eigenvalue weighted by Crippen LogP contribution is 2.25. The summed E-state index contributed by atoms with van der Waals surface area (Å²) in [5, 5.41) is 3.15. The van der Waals surface area contributed by atoms with Gasteiger partial charge >= 0.3 is 0 Å². The summed E-state index contributed by atoms with van der Waals surface area (Å²) in [6.45, 7) is 3.33. The van der Waals surface area contributed by atoms with Gasteiger partial charge in [-0.1, -0.05) is 0 Å². The second-order valence-corrected chi connectivity index (χ2v) is 4.57. The molecule has 2 rings (SSSR count). The Bertz CT molecular complexity index is 236. The highest BCUT2D eigenvalue weighted by molar-refractivity contribution is 5.82. The molecule has 2 aliphatic rings. The first-order valence-electron chi connectivity index (χ1n) is 5.30. The Kier molecular flexibility index (Phi) is 2.47. The second-order valence-electron chi connectivity index (χ2n) is 4.57. The van der Waals surface area contributed by atoms with Gasteiger partial charge in [-0.2, -0.15) is 0 Å². The van der Waals surface area contributed by atoms with Crippen molar-refractivity contribution in [3.05, 3.63) is 0 Å². The molecule has 0 aromatic carbocycles. The molecule has 2 unspecified atom stereocenters. The minimum atomic E-state index is -1.17. The predicted molar refractivity (Wildman–Crippen MR) is 51.7 cm³/mol. The SMILES string of the molecule is CC1(F)CCN(C(=O)C2CCCN2)C1. The van der Waals surface area contributed by atoms with Crippen LogP contribution in [-0.4, -0.2) is 42.2 Å². The van der Waals surface area contributed by atoms with Crippen molar-refractivity contribution in [1.82, 2.24) is 10.2 Å². The molecule has 14 heavy (non-hydrogen) atoms. The van der Waals surface area contributed by atoms with Gasteiger partial charge in [-0.05, 0) is 26.3 Å². The molecule has 2 aliphatic heterocycles. The van der Waals surface area contributed by atoms with Gasteiger partial charge in [-0.15, -0.1) is 0 Å². The average Bonchev–Trinajstić information content (AvgIpc) is 2.72. The molecule has 0 saturated carbocycles. The molecule has 3 nitrogen and oxygen atoms in total. The van der Waals surface area contributed by atoms with E-state index in [1.54, 1.807) is 11.8 Å². The third-order valence-corrected chi connectivity index (χ3v) is 3.09. The van der Waals surface area contributed by atoms with Crippen LogP contribution in [0.15, 0.2) is 0 Å². The number of likely N-dealkylation sites (tertiary alicyclic amines) is 1. The molecule has 1 amide bonds. The molecular weight excluding hydrogens is 183 g/mol. The Morgan fingerprint density at radius 1 is 1.64 bits per heavy atom. The fourth-order valence-electron chi connectivity index (χ4n) is 2.23. The van der Waals surface area contributed by atoms with Crippen LogP contribution in [0.2, 0.25) is 0 Å². The fraction of sp³-hybridized carbons (Fsp3) is 0.900. The predicted octanol–water partition coefficient (Wildman–Crippen LogP) is 0.699. The summed E-state index contributed by atoms with van der Waals surface area (Å²) < 4.78 is 13.5. The normalized spacial score (nSPS) is 37.9. The van der Waals surface area contributed by atoms with E-state index in [1.165, 1.54) is 0 Å². The molecule has 2 atom stereocenters. The molecule has 80 valence electrons. The van der Waals surface area contributed by atoms with Crippen LogP contribution < -0.4 is 5.32 Å². The zero-order valence-electron chi connectivity index (χ0n) is 8.55. The van der Waals surface area contributed by atoms with Crippen LogP contribution in [0.1, 0.15) is 26.2 Å². The summed E-state index contributed by atoms with van der Waals surface area (Å²) in [5.41, 5.74) is -1.17. The van der Waals surface area contributed by atoms with Crippen LogP contribution >= 0.6 is 0 Å². The Balaban J connectivity index is 1.92. The summed E-state index contributed by atoms with van der Waals surface area (Å²) in [4.78, 5) is 13.5. The first-order valence-corrected chi connectivity index (χ1v) is 5.30. The number of hydrogen-bond donors (Lipinski definition) is 1. The van der Waals surface area contributed by atoms with Crippen LogP contribution in [0, 0.1) is 0 Å². The largest absolute Gasteiger partial charge is 0.338 e. The molecule has 0 aliphatic carbocycles. The molecule has 2 saturated heterocycles. The lowest BCUT2D eigenvalue weighted by Gasteiger charge is -2.21. The fourth-order valence-corrected chi connectivity index (χ4v) is 2.23. The summed E-state index contributed by atoms with van der Waals surface area (Å²) >= 11 is 0. The van der Waals surface area contributed by atoms with E-state index in [9.17, 15) is 9.18 Å². The summed E-state index contributed by atoms with van der Waals surface area (Å²) in [6, 6.07) is -0.0519. The highest BCUT2D eigenvalue weighted by Gasteiger charge is 2.38. The van der Waals surface area contributed by atoms with Crippen molar-refractivity contribution < 1.29 is 9.18 Å². The third-order valence-electron chi connectivity index (χ3n) is 3.09. The third kappa shape index (κ3) is 1.90. The standard InChI is InChI=1S/C10H17FN2O/c1-10(11)4-6-13(7-10)9(14)8-3-2-5-12-8/h8,12H,2-7H2,1H3. The number of carbonyl (C=O) groups is 1. The number of hydrogen-bond acceptors (Lipinski definition) is 2. The van der Waals surface area contributed by atoms with Gasteiger partial charge in [0.1, 0.15) is 5.67 Å². The van der Waals surface area contributed by atoms with Crippen molar-refractivity contribution >= 4 is 5.91 Å². The Hall–Kier alpha value is -0.640. The van der Waals surface area contributed by atoms with Crippen molar-refractivity contribution in [2.45, 2.75) is 37.9 Å². The molecule has 2 heterocycles. The quantitative estimate of drug-likeness (QED) is 0.675. The van der Waals surface area contributed by atoms with E-state index in [1.807, 2.05) is 0 Å². The molecular formula is C10H17FN2O. The maximum Gasteiger partial charge on any atom is 0.239 e. The van der Waals surface area contributed by atoms with E-state index in [0.29, 0.717) is 13.0 Å². The van der Waals surface area contributed by atoms with Gasteiger partial charge in [0.15, 0.2) is 0 Å². The second kappa shape index (κ2) is 3.50. The topological polar surface area (TPSA) is 32.3 Å². The van der Waals surface area contributed by atoms with Gasteiger partial charge in [-0.3, -0.25) is 4.79 Å². The molecule has 4 heteroatoms. The summed E-state index contributed by atoms with van der Waals surface area (Å²) in [7, 11) is 0. The monoisotopic (exact) mass is 200 g/mol. The number of halogens is 1. The van der Waals surface area contributed by atoms with Crippen LogP contribution in [0.3, 0.4) is 0 Å². The lowest BCUT2D eigenvalue weighted by atomic mass is 10.1. The number of nitrogens with zero attached hydrogens (tertiary/aromatic N) is 1. The van der Waals surface area contributed by atoms with Crippen LogP contribution in [-0.2, 0) is 4.79 Å². The Labute approximate surface area is 83.6 Å². The molecule has 2 fully saturated rings. The lowest BCUT2D eigenvalue weighted by molar-refractivity contribution is -0.132. The Morgan fingerprint density at radius 3 is 2.93 bits per heavy atom. The van der Waals surface area contributed by atoms with Gasteiger partial charge in [-0.25, -0.2) is 4.39 Å². The van der Waals surface area contributed by atoms with Crippen LogP contribution in [0.5, 0.6) is 0 Å². The molecule has 0 aromatic rings. The lowest BCUT2D eigenvalue weighted by Crippen LogP contribution is -2.43. The zero-order chi connectivity index (χ0) is 10.2. The number of alkyl halides is 1. The molecule has 0 aromatic heterocycles. The first kappa shape index (κ1) is 9.90. The molecule has 0 bridgehead atoms. The summed E-state index contributed by atoms with van der Waals surface area (Å²) in [5.74, 6) is 0.0869. The van der Waals surface area contributed by atoms with Crippen molar-refractivity contribution in [3.63, 3.8) is 0 Å². The van der Waals surface area contributed by atoms with Crippen molar-refractivity contribution in [2.24, 2.45) is 0 Å². The number of rotatable bonds is 1. The number of amides is 1. The van der Waals surface area contributed by atoms with Gasteiger partial charge in [0.2, 0.25) is 5.91 Å². The van der Waals surface area contributed by atoms with E-state index < -0.39 is 5.67 Å². The number of carbonyl (C=O) groups excluding carboxylic acids is 1. The van der Waals surface area contributed by atoms with E-state index in [0.717, 1.165) is 19.4 Å². The van der Waals surface area contributed by atoms with Gasteiger partial charge in [0, 0.05) is 13.0 Å². The van der Waals surface area contributed by atoms with E-state index in [4.69, 9.17) is 0 Å². The average molecular weight is 200 g/mol. The van der Waals surface area contributed by atoms with Crippen molar-refractivity contribution in [1.29, 1.82) is 0 Å². The van der Waals surface area contributed by atoms with Gasteiger partial charge in [0.05, 0.1) is 12.6 Å². The minimum Gasteiger partial charge on any atom is -0.338 e. The van der Waals surface area contributed by atoms with Crippen LogP contribution in [0.25, 0.3) is 0 Å². The summed E-state index contributed by atoms with van der Waals surface area (Å²) in [6.07, 6.45) is 2.43. The van der Waals surface area contributed by atoms with Crippen LogP contribution in [0.4, 0.5) is 4.39 Å². The highest BCUT2D eigenvalue weighted by atomic mass is 19.1. The van der Waals surface area contributed by atoms with Crippen molar-refractivity contribution in [3.8, 4) is 0 Å². The first-order chi connectivity index (χ1) is 6.58. The Morgan fingerprint density at radius 2 is 2.43 bits per heavy atom. The number of nitrogens with one attached hydrogen (secondary N) is 1. The van der Waals surface area contributed by atoms with Gasteiger partial charge in [0.25, 0.3) is 0 Å². The van der Waals surface area contributed by atoms with E-state index in [-0.39, 0.29) is 18.5 Å². The maximum atomic E-state index is 13.5. The maximum absolute atomic E-state index is 13.5. The molecule has 1 N–H and O–H groups in total. The molecule has 0 radical (unpaired) electrons. The minimum absolute atomic E-state index is 0.0519. The smallest absolute Gasteiger partial charge is 0.239 e. The molecule has 0 spiro atoms.